The maximum Gasteiger partial charge on any atom is 0.246 e. The van der Waals surface area contributed by atoms with Gasteiger partial charge >= 0.3 is 0 Å². The predicted octanol–water partition coefficient (Wildman–Crippen LogP) is 4.61. The number of carbonyl (C=O) groups is 3. The van der Waals surface area contributed by atoms with Gasteiger partial charge in [-0.25, -0.2) is 0 Å². The van der Waals surface area contributed by atoms with E-state index < -0.39 is 17.6 Å². The summed E-state index contributed by atoms with van der Waals surface area (Å²) < 4.78 is 0. The topological polar surface area (TPSA) is 95.7 Å². The lowest BCUT2D eigenvalue weighted by molar-refractivity contribution is -0.146. The average molecular weight is 569 g/mol. The van der Waals surface area contributed by atoms with Crippen molar-refractivity contribution in [2.24, 2.45) is 5.73 Å². The van der Waals surface area contributed by atoms with Gasteiger partial charge in [-0.3, -0.25) is 14.4 Å². The fraction of sp³-hybridized carbons (Fsp3) is 0.343. The first kappa shape index (κ1) is 32.3. The van der Waals surface area contributed by atoms with Gasteiger partial charge in [-0.1, -0.05) is 90.5 Å². The van der Waals surface area contributed by atoms with E-state index in [0.29, 0.717) is 19.3 Å². The molecule has 3 aromatic carbocycles. The maximum absolute atomic E-state index is 14.2. The molecule has 3 rings (SSSR count). The number of nitrogens with zero attached hydrogens (tertiary/aromatic N) is 2. The van der Waals surface area contributed by atoms with E-state index in [1.165, 1.54) is 9.80 Å². The Morgan fingerprint density at radius 2 is 1.29 bits per heavy atom. The number of amides is 3. The van der Waals surface area contributed by atoms with Crippen molar-refractivity contribution >= 4 is 17.7 Å². The molecule has 0 spiro atoms. The van der Waals surface area contributed by atoms with Crippen molar-refractivity contribution in [1.29, 1.82) is 0 Å². The highest BCUT2D eigenvalue weighted by atomic mass is 16.2. The SMILES string of the molecule is CNC(=O)C(Cc1ccccc1)N(C)C(=O)C(Cc1ccc(-c2ccccc2)cc1)N(C)C(=O)/C=C(\C)CC(C)(C)N. The molecule has 0 aliphatic carbocycles. The number of rotatable bonds is 12. The Morgan fingerprint density at radius 3 is 1.83 bits per heavy atom. The van der Waals surface area contributed by atoms with Gasteiger partial charge in [-0.15, -0.1) is 0 Å². The molecule has 3 aromatic rings. The van der Waals surface area contributed by atoms with E-state index in [4.69, 9.17) is 5.73 Å². The van der Waals surface area contributed by atoms with Gasteiger partial charge in [0, 0.05) is 45.6 Å². The highest BCUT2D eigenvalue weighted by molar-refractivity contribution is 5.95. The van der Waals surface area contributed by atoms with Crippen LogP contribution in [0.3, 0.4) is 0 Å². The van der Waals surface area contributed by atoms with E-state index in [1.54, 1.807) is 27.2 Å². The van der Waals surface area contributed by atoms with Crippen LogP contribution in [0.1, 0.15) is 38.3 Å². The van der Waals surface area contributed by atoms with Crippen molar-refractivity contribution in [2.45, 2.75) is 57.7 Å². The smallest absolute Gasteiger partial charge is 0.246 e. The minimum Gasteiger partial charge on any atom is -0.357 e. The molecule has 0 aromatic heterocycles. The molecule has 0 radical (unpaired) electrons. The zero-order valence-corrected chi connectivity index (χ0v) is 25.6. The summed E-state index contributed by atoms with van der Waals surface area (Å²) in [5.41, 5.74) is 10.5. The van der Waals surface area contributed by atoms with Crippen molar-refractivity contribution in [3.8, 4) is 11.1 Å². The summed E-state index contributed by atoms with van der Waals surface area (Å²) in [6.07, 6.45) is 2.74. The molecule has 2 atom stereocenters. The molecule has 2 unspecified atom stereocenters. The van der Waals surface area contributed by atoms with E-state index in [2.05, 4.69) is 5.32 Å². The number of hydrogen-bond acceptors (Lipinski definition) is 4. The Hall–Kier alpha value is -4.23. The normalized spacial score (nSPS) is 13.2. The van der Waals surface area contributed by atoms with Gasteiger partial charge in [0.25, 0.3) is 0 Å². The number of nitrogens with two attached hydrogens (primary N) is 1. The molecule has 0 bridgehead atoms. The Balaban J connectivity index is 1.93. The quantitative estimate of drug-likeness (QED) is 0.312. The van der Waals surface area contributed by atoms with Gasteiger partial charge in [-0.05, 0) is 49.4 Å². The van der Waals surface area contributed by atoms with Gasteiger partial charge in [-0.2, -0.15) is 0 Å². The molecular weight excluding hydrogens is 524 g/mol. The van der Waals surface area contributed by atoms with Crippen LogP contribution in [0.5, 0.6) is 0 Å². The zero-order chi connectivity index (χ0) is 30.9. The number of likely N-dealkylation sites (N-methyl/N-ethyl adjacent to an activating group) is 3. The summed E-state index contributed by atoms with van der Waals surface area (Å²) in [6.45, 7) is 5.68. The summed E-state index contributed by atoms with van der Waals surface area (Å²) in [5, 5.41) is 2.70. The largest absolute Gasteiger partial charge is 0.357 e. The third-order valence-electron chi connectivity index (χ3n) is 7.33. The molecule has 7 nitrogen and oxygen atoms in total. The van der Waals surface area contributed by atoms with E-state index in [1.807, 2.05) is 106 Å². The number of hydrogen-bond donors (Lipinski definition) is 2. The van der Waals surface area contributed by atoms with E-state index in [-0.39, 0.29) is 17.7 Å². The van der Waals surface area contributed by atoms with Gasteiger partial charge in [0.1, 0.15) is 12.1 Å². The second kappa shape index (κ2) is 14.6. The van der Waals surface area contributed by atoms with Crippen LogP contribution in [0.15, 0.2) is 96.6 Å². The van der Waals surface area contributed by atoms with E-state index >= 15 is 0 Å². The van der Waals surface area contributed by atoms with Crippen LogP contribution < -0.4 is 11.1 Å². The zero-order valence-electron chi connectivity index (χ0n) is 25.6. The summed E-state index contributed by atoms with van der Waals surface area (Å²) in [4.78, 5) is 43.5. The van der Waals surface area contributed by atoms with Gasteiger partial charge in [0.2, 0.25) is 17.7 Å². The van der Waals surface area contributed by atoms with E-state index in [0.717, 1.165) is 27.8 Å². The first-order valence-corrected chi connectivity index (χ1v) is 14.3. The third kappa shape index (κ3) is 9.14. The molecule has 0 fully saturated rings. The Labute approximate surface area is 250 Å². The minimum absolute atomic E-state index is 0.268. The molecule has 0 aliphatic rings. The van der Waals surface area contributed by atoms with Crippen molar-refractivity contribution in [2.75, 3.05) is 21.1 Å². The van der Waals surface area contributed by atoms with Crippen molar-refractivity contribution in [1.82, 2.24) is 15.1 Å². The fourth-order valence-electron chi connectivity index (χ4n) is 5.11. The summed E-state index contributed by atoms with van der Waals surface area (Å²) >= 11 is 0. The van der Waals surface area contributed by atoms with Crippen LogP contribution in [0.2, 0.25) is 0 Å². The molecular formula is C35H44N4O3. The van der Waals surface area contributed by atoms with Crippen LogP contribution in [0, 0.1) is 0 Å². The van der Waals surface area contributed by atoms with Gasteiger partial charge in [0.15, 0.2) is 0 Å². The summed E-state index contributed by atoms with van der Waals surface area (Å²) in [6, 6.07) is 26.1. The lowest BCUT2D eigenvalue weighted by Gasteiger charge is -2.34. The van der Waals surface area contributed by atoms with Crippen LogP contribution in [-0.2, 0) is 27.2 Å². The fourth-order valence-corrected chi connectivity index (χ4v) is 5.11. The maximum atomic E-state index is 14.2. The van der Waals surface area contributed by atoms with Crippen molar-refractivity contribution in [3.05, 3.63) is 108 Å². The Morgan fingerprint density at radius 1 is 0.786 bits per heavy atom. The number of benzene rings is 3. The monoisotopic (exact) mass is 568 g/mol. The van der Waals surface area contributed by atoms with Crippen LogP contribution in [-0.4, -0.2) is 66.3 Å². The molecule has 0 aliphatic heterocycles. The second-order valence-electron chi connectivity index (χ2n) is 11.7. The average Bonchev–Trinajstić information content (AvgIpc) is 2.97. The Kier molecular flexibility index (Phi) is 11.2. The highest BCUT2D eigenvalue weighted by Crippen LogP contribution is 2.22. The molecule has 222 valence electrons. The van der Waals surface area contributed by atoms with Crippen molar-refractivity contribution < 1.29 is 14.4 Å². The summed E-state index contributed by atoms with van der Waals surface area (Å²) in [7, 11) is 4.83. The molecule has 3 amide bonds. The molecule has 0 saturated carbocycles. The Bertz CT molecular complexity index is 1360. The molecule has 3 N–H and O–H groups in total. The summed E-state index contributed by atoms with van der Waals surface area (Å²) in [5.74, 6) is -0.868. The second-order valence-corrected chi connectivity index (χ2v) is 11.7. The highest BCUT2D eigenvalue weighted by Gasteiger charge is 2.34. The van der Waals surface area contributed by atoms with Gasteiger partial charge < -0.3 is 20.9 Å². The van der Waals surface area contributed by atoms with Crippen LogP contribution >= 0.6 is 0 Å². The van der Waals surface area contributed by atoms with E-state index in [9.17, 15) is 14.4 Å². The van der Waals surface area contributed by atoms with Crippen LogP contribution in [0.4, 0.5) is 0 Å². The lowest BCUT2D eigenvalue weighted by Crippen LogP contribution is -2.55. The lowest BCUT2D eigenvalue weighted by atomic mass is 9.96. The molecule has 0 heterocycles. The van der Waals surface area contributed by atoms with Gasteiger partial charge in [0.05, 0.1) is 0 Å². The van der Waals surface area contributed by atoms with Crippen molar-refractivity contribution in [3.63, 3.8) is 0 Å². The molecule has 42 heavy (non-hydrogen) atoms. The molecule has 0 saturated heterocycles. The number of carbonyl (C=O) groups excluding carboxylic acids is 3. The van der Waals surface area contributed by atoms with Crippen LogP contribution in [0.25, 0.3) is 11.1 Å². The standard InChI is InChI=1S/C35H44N4O3/c1-25(24-35(2,3)36)21-32(40)38(5)31(23-27-17-19-29(20-18-27)28-15-11-8-12-16-28)34(42)39(6)30(33(41)37-4)22-26-13-9-7-10-14-26/h7-21,30-31H,22-24,36H2,1-6H3,(H,37,41)/b25-21+. The first-order chi connectivity index (χ1) is 19.9. The third-order valence-corrected chi connectivity index (χ3v) is 7.33. The first-order valence-electron chi connectivity index (χ1n) is 14.3. The minimum atomic E-state index is -0.831. The predicted molar refractivity (Wildman–Crippen MR) is 170 cm³/mol. The number of nitrogens with one attached hydrogen (secondary N) is 1. The molecule has 7 heteroatoms.